The number of carbonyl (C=O) groups is 1. The molecule has 0 radical (unpaired) electrons. The Kier molecular flexibility index (Phi) is 3.96. The molecule has 0 bridgehead atoms. The van der Waals surface area contributed by atoms with Gasteiger partial charge in [0.1, 0.15) is 5.15 Å². The second-order valence-corrected chi connectivity index (χ2v) is 5.62. The second-order valence-electron chi connectivity index (χ2n) is 5.26. The van der Waals surface area contributed by atoms with Crippen molar-refractivity contribution in [1.82, 2.24) is 15.2 Å². The van der Waals surface area contributed by atoms with E-state index in [0.29, 0.717) is 17.8 Å². The molecule has 0 atom stereocenters. The standard InChI is InChI=1S/C13H19ClN4O/c1-18(2)13(4-3-5-13)8-17-12(19)10-6-9(15)7-16-11(10)14/h6-7H,3-5,8,15H2,1-2H3,(H,17,19). The topological polar surface area (TPSA) is 71.2 Å². The van der Waals surface area contributed by atoms with Crippen LogP contribution in [0.3, 0.4) is 0 Å². The number of halogens is 1. The molecular weight excluding hydrogens is 264 g/mol. The van der Waals surface area contributed by atoms with Crippen LogP contribution in [0.5, 0.6) is 0 Å². The third-order valence-electron chi connectivity index (χ3n) is 3.92. The third kappa shape index (κ3) is 2.82. The van der Waals surface area contributed by atoms with E-state index in [1.54, 1.807) is 6.07 Å². The molecule has 1 amide bonds. The van der Waals surface area contributed by atoms with Crippen LogP contribution in [0, 0.1) is 0 Å². The minimum Gasteiger partial charge on any atom is -0.397 e. The molecule has 1 aromatic heterocycles. The second kappa shape index (κ2) is 5.35. The molecule has 0 unspecified atom stereocenters. The Morgan fingerprint density at radius 2 is 2.26 bits per heavy atom. The first kappa shape index (κ1) is 14.1. The SMILES string of the molecule is CN(C)C1(CNC(=O)c2cc(N)cnc2Cl)CCC1. The summed E-state index contributed by atoms with van der Waals surface area (Å²) in [5, 5.41) is 3.11. The van der Waals surface area contributed by atoms with Crippen molar-refractivity contribution >= 4 is 23.2 Å². The fourth-order valence-electron chi connectivity index (χ4n) is 2.33. The van der Waals surface area contributed by atoms with Gasteiger partial charge in [0.15, 0.2) is 0 Å². The van der Waals surface area contributed by atoms with Crippen LogP contribution in [0.4, 0.5) is 5.69 Å². The zero-order valence-corrected chi connectivity index (χ0v) is 12.0. The summed E-state index contributed by atoms with van der Waals surface area (Å²) < 4.78 is 0. The molecule has 104 valence electrons. The highest BCUT2D eigenvalue weighted by Gasteiger charge is 2.39. The van der Waals surface area contributed by atoms with Crippen molar-refractivity contribution in [2.75, 3.05) is 26.4 Å². The van der Waals surface area contributed by atoms with Crippen LogP contribution in [-0.4, -0.2) is 42.0 Å². The molecule has 1 fully saturated rings. The highest BCUT2D eigenvalue weighted by molar-refractivity contribution is 6.32. The van der Waals surface area contributed by atoms with E-state index in [9.17, 15) is 4.79 Å². The number of rotatable bonds is 4. The molecule has 1 aliphatic carbocycles. The number of likely N-dealkylation sites (N-methyl/N-ethyl adjacent to an activating group) is 1. The number of nitrogens with zero attached hydrogens (tertiary/aromatic N) is 2. The number of nitrogens with two attached hydrogens (primary N) is 1. The van der Waals surface area contributed by atoms with E-state index in [2.05, 4.69) is 15.2 Å². The summed E-state index contributed by atoms with van der Waals surface area (Å²) in [4.78, 5) is 18.2. The number of amides is 1. The number of pyridine rings is 1. The number of hydrogen-bond acceptors (Lipinski definition) is 4. The molecule has 19 heavy (non-hydrogen) atoms. The van der Waals surface area contributed by atoms with Gasteiger partial charge in [0.05, 0.1) is 17.4 Å². The lowest BCUT2D eigenvalue weighted by Crippen LogP contribution is -2.57. The molecule has 1 heterocycles. The summed E-state index contributed by atoms with van der Waals surface area (Å²) in [6, 6.07) is 1.55. The lowest BCUT2D eigenvalue weighted by Gasteiger charge is -2.47. The van der Waals surface area contributed by atoms with E-state index in [-0.39, 0.29) is 16.6 Å². The fraction of sp³-hybridized carbons (Fsp3) is 0.538. The summed E-state index contributed by atoms with van der Waals surface area (Å²) in [5.74, 6) is -0.224. The predicted molar refractivity (Wildman–Crippen MR) is 76.3 cm³/mol. The van der Waals surface area contributed by atoms with E-state index in [4.69, 9.17) is 17.3 Å². The summed E-state index contributed by atoms with van der Waals surface area (Å²) in [5.41, 5.74) is 6.46. The molecule has 3 N–H and O–H groups in total. The van der Waals surface area contributed by atoms with E-state index >= 15 is 0 Å². The zero-order chi connectivity index (χ0) is 14.0. The van der Waals surface area contributed by atoms with E-state index in [1.165, 1.54) is 12.6 Å². The van der Waals surface area contributed by atoms with Gasteiger partial charge in [-0.2, -0.15) is 0 Å². The first-order valence-corrected chi connectivity index (χ1v) is 6.69. The first-order chi connectivity index (χ1) is 8.94. The Labute approximate surface area is 118 Å². The van der Waals surface area contributed by atoms with Gasteiger partial charge in [0, 0.05) is 12.1 Å². The van der Waals surface area contributed by atoms with E-state index in [0.717, 1.165) is 12.8 Å². The maximum absolute atomic E-state index is 12.1. The number of anilines is 1. The number of nitrogens with one attached hydrogen (secondary N) is 1. The molecule has 2 rings (SSSR count). The summed E-state index contributed by atoms with van der Waals surface area (Å²) in [6.45, 7) is 0.615. The van der Waals surface area contributed by atoms with Gasteiger partial charge in [-0.3, -0.25) is 4.79 Å². The quantitative estimate of drug-likeness (QED) is 0.822. The van der Waals surface area contributed by atoms with Gasteiger partial charge >= 0.3 is 0 Å². The molecule has 0 spiro atoms. The van der Waals surface area contributed by atoms with Gasteiger partial charge in [-0.1, -0.05) is 11.6 Å². The maximum atomic E-state index is 12.1. The zero-order valence-electron chi connectivity index (χ0n) is 11.2. The van der Waals surface area contributed by atoms with Crippen molar-refractivity contribution in [3.8, 4) is 0 Å². The van der Waals surface area contributed by atoms with Crippen LogP contribution in [0.25, 0.3) is 0 Å². The molecular formula is C13H19ClN4O. The molecule has 5 nitrogen and oxygen atoms in total. The Morgan fingerprint density at radius 3 is 2.79 bits per heavy atom. The van der Waals surface area contributed by atoms with Gasteiger partial charge in [-0.25, -0.2) is 4.98 Å². The molecule has 1 saturated carbocycles. The Bertz CT molecular complexity index is 486. The van der Waals surface area contributed by atoms with Crippen LogP contribution >= 0.6 is 11.6 Å². The van der Waals surface area contributed by atoms with Gasteiger partial charge in [0.2, 0.25) is 0 Å². The van der Waals surface area contributed by atoms with Crippen molar-refractivity contribution in [2.45, 2.75) is 24.8 Å². The van der Waals surface area contributed by atoms with Crippen molar-refractivity contribution in [3.63, 3.8) is 0 Å². The monoisotopic (exact) mass is 282 g/mol. The molecule has 1 aliphatic rings. The van der Waals surface area contributed by atoms with E-state index < -0.39 is 0 Å². The van der Waals surface area contributed by atoms with Crippen molar-refractivity contribution in [3.05, 3.63) is 23.0 Å². The smallest absolute Gasteiger partial charge is 0.254 e. The Morgan fingerprint density at radius 1 is 1.58 bits per heavy atom. The predicted octanol–water partition coefficient (Wildman–Crippen LogP) is 1.53. The van der Waals surface area contributed by atoms with Crippen LogP contribution in [0.2, 0.25) is 5.15 Å². The van der Waals surface area contributed by atoms with Crippen molar-refractivity contribution < 1.29 is 4.79 Å². The van der Waals surface area contributed by atoms with Crippen molar-refractivity contribution in [2.24, 2.45) is 0 Å². The Balaban J connectivity index is 2.03. The highest BCUT2D eigenvalue weighted by atomic mass is 35.5. The van der Waals surface area contributed by atoms with E-state index in [1.807, 2.05) is 14.1 Å². The van der Waals surface area contributed by atoms with Crippen LogP contribution in [0.15, 0.2) is 12.3 Å². The largest absolute Gasteiger partial charge is 0.397 e. The first-order valence-electron chi connectivity index (χ1n) is 6.31. The molecule has 1 aromatic rings. The summed E-state index contributed by atoms with van der Waals surface area (Å²) in [7, 11) is 4.08. The number of carbonyl (C=O) groups excluding carboxylic acids is 1. The number of aromatic nitrogens is 1. The summed E-state index contributed by atoms with van der Waals surface area (Å²) in [6.07, 6.45) is 4.84. The molecule has 6 heteroatoms. The number of nitrogen functional groups attached to an aromatic ring is 1. The maximum Gasteiger partial charge on any atom is 0.254 e. The lowest BCUT2D eigenvalue weighted by atomic mass is 9.75. The highest BCUT2D eigenvalue weighted by Crippen LogP contribution is 2.35. The molecule has 0 aliphatic heterocycles. The number of hydrogen-bond donors (Lipinski definition) is 2. The fourth-order valence-corrected chi connectivity index (χ4v) is 2.52. The van der Waals surface area contributed by atoms with Crippen LogP contribution in [-0.2, 0) is 0 Å². The van der Waals surface area contributed by atoms with Gasteiger partial charge in [0.25, 0.3) is 5.91 Å². The van der Waals surface area contributed by atoms with Gasteiger partial charge < -0.3 is 16.0 Å². The minimum atomic E-state index is -0.224. The van der Waals surface area contributed by atoms with Crippen molar-refractivity contribution in [1.29, 1.82) is 0 Å². The molecule has 0 saturated heterocycles. The lowest BCUT2D eigenvalue weighted by molar-refractivity contribution is 0.0557. The summed E-state index contributed by atoms with van der Waals surface area (Å²) >= 11 is 5.91. The average molecular weight is 283 g/mol. The minimum absolute atomic E-state index is 0.0793. The average Bonchev–Trinajstić information content (AvgIpc) is 2.30. The normalized spacial score (nSPS) is 17.1. The van der Waals surface area contributed by atoms with Gasteiger partial charge in [-0.05, 0) is 39.4 Å². The molecule has 0 aromatic carbocycles. The van der Waals surface area contributed by atoms with Crippen LogP contribution in [0.1, 0.15) is 29.6 Å². The van der Waals surface area contributed by atoms with Crippen LogP contribution < -0.4 is 11.1 Å². The Hall–Kier alpha value is -1.33. The third-order valence-corrected chi connectivity index (χ3v) is 4.22. The van der Waals surface area contributed by atoms with Gasteiger partial charge in [-0.15, -0.1) is 0 Å².